The van der Waals surface area contributed by atoms with Crippen LogP contribution in [0.4, 0.5) is 0 Å². The maximum absolute atomic E-state index is 6.15. The largest absolute Gasteiger partial charge is 0.306 e. The van der Waals surface area contributed by atoms with Crippen LogP contribution in [0.3, 0.4) is 0 Å². The van der Waals surface area contributed by atoms with Crippen molar-refractivity contribution in [3.8, 4) is 0 Å². The third-order valence-corrected chi connectivity index (χ3v) is 5.98. The summed E-state index contributed by atoms with van der Waals surface area (Å²) in [5, 5.41) is 4.77. The molecule has 0 radical (unpaired) electrons. The molecule has 0 aliphatic rings. The highest BCUT2D eigenvalue weighted by molar-refractivity contribution is 9.10. The van der Waals surface area contributed by atoms with Crippen molar-refractivity contribution >= 4 is 50.5 Å². The molecule has 5 heteroatoms. The first-order chi connectivity index (χ1) is 9.52. The van der Waals surface area contributed by atoms with Gasteiger partial charge in [-0.3, -0.25) is 0 Å². The van der Waals surface area contributed by atoms with Crippen molar-refractivity contribution in [2.24, 2.45) is 0 Å². The van der Waals surface area contributed by atoms with E-state index in [0.717, 1.165) is 23.0 Å². The third-order valence-electron chi connectivity index (χ3n) is 3.04. The van der Waals surface area contributed by atoms with Gasteiger partial charge in [-0.25, -0.2) is 0 Å². The molecular weight excluding hydrogens is 377 g/mol. The summed E-state index contributed by atoms with van der Waals surface area (Å²) in [6.07, 6.45) is 1.09. The van der Waals surface area contributed by atoms with Crippen molar-refractivity contribution in [3.05, 3.63) is 54.1 Å². The highest BCUT2D eigenvalue weighted by Gasteiger charge is 2.17. The second-order valence-corrected chi connectivity index (χ2v) is 7.57. The van der Waals surface area contributed by atoms with Crippen LogP contribution >= 0.6 is 50.5 Å². The van der Waals surface area contributed by atoms with Crippen LogP contribution < -0.4 is 5.32 Å². The summed E-state index contributed by atoms with van der Waals surface area (Å²) in [6, 6.07) is 8.16. The quantitative estimate of drug-likeness (QED) is 0.637. The Hall–Kier alpha value is -0.0600. The van der Waals surface area contributed by atoms with E-state index in [1.165, 1.54) is 9.75 Å². The molecule has 108 valence electrons. The molecule has 0 saturated carbocycles. The fraction of sp³-hybridized carbons (Fsp3) is 0.333. The summed E-state index contributed by atoms with van der Waals surface area (Å²) < 4.78 is 1.15. The van der Waals surface area contributed by atoms with E-state index in [4.69, 9.17) is 23.2 Å². The van der Waals surface area contributed by atoms with Crippen LogP contribution in [0.15, 0.2) is 28.7 Å². The number of thiophene rings is 1. The average molecular weight is 393 g/mol. The van der Waals surface area contributed by atoms with Crippen molar-refractivity contribution in [2.75, 3.05) is 6.54 Å². The number of benzene rings is 1. The van der Waals surface area contributed by atoms with Crippen molar-refractivity contribution in [3.63, 3.8) is 0 Å². The standard InChI is InChI=1S/C15H16BrCl2NS/c1-3-6-19-15(14-8-11(16)9(2)20-14)10-4-5-12(17)13(18)7-10/h4-5,7-8,15,19H,3,6H2,1-2H3. The molecule has 1 nitrogen and oxygen atoms in total. The first kappa shape index (κ1) is 16.3. The minimum absolute atomic E-state index is 0.153. The highest BCUT2D eigenvalue weighted by Crippen LogP contribution is 2.35. The summed E-state index contributed by atoms with van der Waals surface area (Å²) in [5.41, 5.74) is 1.14. The third kappa shape index (κ3) is 3.77. The maximum atomic E-state index is 6.15. The average Bonchev–Trinajstić information content (AvgIpc) is 2.74. The second kappa shape index (κ2) is 7.28. The lowest BCUT2D eigenvalue weighted by molar-refractivity contribution is 0.606. The zero-order chi connectivity index (χ0) is 14.7. The number of hydrogen-bond acceptors (Lipinski definition) is 2. The summed E-state index contributed by atoms with van der Waals surface area (Å²) >= 11 is 17.5. The minimum atomic E-state index is 0.153. The molecule has 1 aromatic carbocycles. The van der Waals surface area contributed by atoms with Gasteiger partial charge in [0.1, 0.15) is 0 Å². The summed E-state index contributed by atoms with van der Waals surface area (Å²) in [4.78, 5) is 2.56. The zero-order valence-corrected chi connectivity index (χ0v) is 15.3. The van der Waals surface area contributed by atoms with E-state index in [-0.39, 0.29) is 6.04 Å². The highest BCUT2D eigenvalue weighted by atomic mass is 79.9. The Kier molecular flexibility index (Phi) is 5.94. The molecule has 0 aliphatic heterocycles. The number of hydrogen-bond donors (Lipinski definition) is 1. The molecule has 0 fully saturated rings. The molecular formula is C15H16BrCl2NS. The van der Waals surface area contributed by atoms with Gasteiger partial charge < -0.3 is 5.32 Å². The van der Waals surface area contributed by atoms with Crippen LogP contribution in [-0.4, -0.2) is 6.54 Å². The normalized spacial score (nSPS) is 12.7. The molecule has 2 aromatic rings. The lowest BCUT2D eigenvalue weighted by Crippen LogP contribution is -2.22. The lowest BCUT2D eigenvalue weighted by atomic mass is 10.1. The Morgan fingerprint density at radius 3 is 2.55 bits per heavy atom. The molecule has 1 heterocycles. The maximum Gasteiger partial charge on any atom is 0.0672 e. The predicted octanol–water partition coefficient (Wildman–Crippen LogP) is 6.21. The van der Waals surface area contributed by atoms with E-state index < -0.39 is 0 Å². The Morgan fingerprint density at radius 2 is 2.00 bits per heavy atom. The monoisotopic (exact) mass is 391 g/mol. The molecule has 0 aliphatic carbocycles. The number of aryl methyl sites for hydroxylation is 1. The van der Waals surface area contributed by atoms with Gasteiger partial charge in [0.05, 0.1) is 16.1 Å². The van der Waals surface area contributed by atoms with Gasteiger partial charge in [-0.15, -0.1) is 11.3 Å². The molecule has 20 heavy (non-hydrogen) atoms. The Balaban J connectivity index is 2.38. The van der Waals surface area contributed by atoms with Crippen molar-refractivity contribution in [1.29, 1.82) is 0 Å². The summed E-state index contributed by atoms with van der Waals surface area (Å²) in [5.74, 6) is 0. The number of halogens is 3. The Bertz CT molecular complexity index is 578. The Morgan fingerprint density at radius 1 is 1.25 bits per heavy atom. The molecule has 1 atom stereocenters. The van der Waals surface area contributed by atoms with E-state index in [0.29, 0.717) is 10.0 Å². The fourth-order valence-corrected chi connectivity index (χ4v) is 3.96. The van der Waals surface area contributed by atoms with Gasteiger partial charge in [-0.1, -0.05) is 36.2 Å². The Labute approximate surface area is 142 Å². The molecule has 0 amide bonds. The van der Waals surface area contributed by atoms with Gasteiger partial charge in [0.25, 0.3) is 0 Å². The van der Waals surface area contributed by atoms with Gasteiger partial charge in [-0.05, 0) is 59.6 Å². The van der Waals surface area contributed by atoms with Crippen LogP contribution in [-0.2, 0) is 0 Å². The van der Waals surface area contributed by atoms with Gasteiger partial charge in [0.15, 0.2) is 0 Å². The van der Waals surface area contributed by atoms with E-state index in [1.54, 1.807) is 11.3 Å². The number of nitrogens with one attached hydrogen (secondary N) is 1. The minimum Gasteiger partial charge on any atom is -0.306 e. The van der Waals surface area contributed by atoms with Gasteiger partial charge in [0.2, 0.25) is 0 Å². The van der Waals surface area contributed by atoms with E-state index >= 15 is 0 Å². The van der Waals surface area contributed by atoms with Crippen LogP contribution in [0.25, 0.3) is 0 Å². The van der Waals surface area contributed by atoms with Crippen molar-refractivity contribution in [2.45, 2.75) is 26.3 Å². The van der Waals surface area contributed by atoms with Gasteiger partial charge in [-0.2, -0.15) is 0 Å². The first-order valence-corrected chi connectivity index (χ1v) is 8.83. The molecule has 2 rings (SSSR count). The van der Waals surface area contributed by atoms with Crippen LogP contribution in [0.5, 0.6) is 0 Å². The lowest BCUT2D eigenvalue weighted by Gasteiger charge is -2.18. The van der Waals surface area contributed by atoms with Crippen LogP contribution in [0.1, 0.15) is 34.7 Å². The fourth-order valence-electron chi connectivity index (χ4n) is 1.99. The molecule has 1 unspecified atom stereocenters. The van der Waals surface area contributed by atoms with Gasteiger partial charge in [0, 0.05) is 14.2 Å². The first-order valence-electron chi connectivity index (χ1n) is 6.47. The second-order valence-electron chi connectivity index (χ2n) is 4.61. The van der Waals surface area contributed by atoms with Crippen molar-refractivity contribution < 1.29 is 0 Å². The summed E-state index contributed by atoms with van der Waals surface area (Å²) in [7, 11) is 0. The van der Waals surface area contributed by atoms with Gasteiger partial charge >= 0.3 is 0 Å². The smallest absolute Gasteiger partial charge is 0.0672 e. The predicted molar refractivity (Wildman–Crippen MR) is 93.4 cm³/mol. The topological polar surface area (TPSA) is 12.0 Å². The number of rotatable bonds is 5. The van der Waals surface area contributed by atoms with E-state index in [2.05, 4.69) is 41.2 Å². The summed E-state index contributed by atoms with van der Waals surface area (Å²) in [6.45, 7) is 5.23. The molecule has 1 N–H and O–H groups in total. The molecule has 1 aromatic heterocycles. The van der Waals surface area contributed by atoms with Crippen LogP contribution in [0, 0.1) is 6.92 Å². The zero-order valence-electron chi connectivity index (χ0n) is 11.3. The molecule has 0 saturated heterocycles. The van der Waals surface area contributed by atoms with Crippen LogP contribution in [0.2, 0.25) is 10.0 Å². The molecule has 0 spiro atoms. The van der Waals surface area contributed by atoms with E-state index in [9.17, 15) is 0 Å². The van der Waals surface area contributed by atoms with Crippen molar-refractivity contribution in [1.82, 2.24) is 5.32 Å². The van der Waals surface area contributed by atoms with E-state index in [1.807, 2.05) is 18.2 Å². The SMILES string of the molecule is CCCNC(c1ccc(Cl)c(Cl)c1)c1cc(Br)c(C)s1. The molecule has 0 bridgehead atoms.